The molecule has 10 heteroatoms. The lowest BCUT2D eigenvalue weighted by atomic mass is 9.82. The number of benzene rings is 2. The Labute approximate surface area is 250 Å². The Morgan fingerprint density at radius 2 is 1.78 bits per heavy atom. The Balaban J connectivity index is 1.15. The number of nitrogens with one attached hydrogen (secondary N) is 1. The number of methoxy groups -OCH3 is 1. The van der Waals surface area contributed by atoms with Crippen LogP contribution in [0.2, 0.25) is 10.0 Å². The van der Waals surface area contributed by atoms with Crippen LogP contribution in [0.15, 0.2) is 30.3 Å². The zero-order valence-corrected chi connectivity index (χ0v) is 25.0. The van der Waals surface area contributed by atoms with Gasteiger partial charge in [-0.3, -0.25) is 14.4 Å². The maximum atomic E-state index is 13.2. The van der Waals surface area contributed by atoms with E-state index in [1.807, 2.05) is 19.1 Å². The van der Waals surface area contributed by atoms with Gasteiger partial charge in [0.25, 0.3) is 5.91 Å². The highest BCUT2D eigenvalue weighted by Gasteiger charge is 2.43. The molecule has 3 aliphatic rings. The van der Waals surface area contributed by atoms with Gasteiger partial charge in [0, 0.05) is 45.1 Å². The van der Waals surface area contributed by atoms with E-state index in [0.29, 0.717) is 53.7 Å². The number of Topliss-reactive ketones (excluding diaryl/α,β-unsaturated/α-hetero) is 1. The summed E-state index contributed by atoms with van der Waals surface area (Å²) in [6, 6.07) is 8.74. The van der Waals surface area contributed by atoms with Crippen molar-refractivity contribution < 1.29 is 28.6 Å². The van der Waals surface area contributed by atoms with E-state index in [9.17, 15) is 14.4 Å². The number of ether oxygens (including phenoxy) is 3. The highest BCUT2D eigenvalue weighted by Crippen LogP contribution is 2.42. The van der Waals surface area contributed by atoms with Gasteiger partial charge in [-0.15, -0.1) is 0 Å². The molecule has 0 aromatic heterocycles. The van der Waals surface area contributed by atoms with Crippen LogP contribution in [0.5, 0.6) is 11.5 Å². The third kappa shape index (κ3) is 6.65. The first kappa shape index (κ1) is 29.7. The van der Waals surface area contributed by atoms with Crippen LogP contribution in [-0.2, 0) is 9.53 Å². The van der Waals surface area contributed by atoms with Crippen LogP contribution in [0, 0.1) is 12.8 Å². The number of esters is 1. The number of halogens is 2. The van der Waals surface area contributed by atoms with Crippen molar-refractivity contribution >= 4 is 40.9 Å². The van der Waals surface area contributed by atoms with E-state index >= 15 is 0 Å². The van der Waals surface area contributed by atoms with Gasteiger partial charge in [0.2, 0.25) is 0 Å². The third-order valence-corrected chi connectivity index (χ3v) is 9.19. The van der Waals surface area contributed by atoms with E-state index in [1.165, 1.54) is 7.11 Å². The van der Waals surface area contributed by atoms with Gasteiger partial charge in [-0.1, -0.05) is 29.3 Å². The summed E-state index contributed by atoms with van der Waals surface area (Å²) in [6.07, 6.45) is 4.84. The summed E-state index contributed by atoms with van der Waals surface area (Å²) in [5.41, 5.74) is 1.26. The van der Waals surface area contributed by atoms with Crippen molar-refractivity contribution in [3.63, 3.8) is 0 Å². The van der Waals surface area contributed by atoms with Gasteiger partial charge >= 0.3 is 5.97 Å². The van der Waals surface area contributed by atoms with Crippen molar-refractivity contribution in [1.29, 1.82) is 0 Å². The van der Waals surface area contributed by atoms with Crippen molar-refractivity contribution in [1.82, 2.24) is 10.2 Å². The standard InChI is InChI=1S/C31H36Cl2N2O6/c1-19-16-22-25(36)18-31(41-27(22)17-26(19)40-21-8-6-20(7-9-21)30(38)39-2)10-13-35(14-11-31)15-12-34-29(37)28-23(32)4-3-5-24(28)33/h3-5,16-17,20-21H,6-15,18H2,1-2H3,(H,34,37)/t20-,21+. The molecule has 2 aromatic rings. The molecule has 0 bridgehead atoms. The second-order valence-electron chi connectivity index (χ2n) is 11.3. The molecule has 1 aliphatic carbocycles. The Kier molecular flexibility index (Phi) is 9.12. The van der Waals surface area contributed by atoms with E-state index in [-0.39, 0.29) is 35.2 Å². The van der Waals surface area contributed by atoms with Gasteiger partial charge in [-0.2, -0.15) is 0 Å². The summed E-state index contributed by atoms with van der Waals surface area (Å²) in [7, 11) is 1.43. The number of hydrogen-bond donors (Lipinski definition) is 1. The number of likely N-dealkylation sites (tertiary alicyclic amines) is 1. The van der Waals surface area contributed by atoms with Crippen LogP contribution in [0.3, 0.4) is 0 Å². The van der Waals surface area contributed by atoms with Crippen LogP contribution in [-0.4, -0.2) is 67.6 Å². The molecule has 220 valence electrons. The first-order chi connectivity index (χ1) is 19.7. The second kappa shape index (κ2) is 12.6. The largest absolute Gasteiger partial charge is 0.490 e. The first-order valence-electron chi connectivity index (χ1n) is 14.2. The maximum Gasteiger partial charge on any atom is 0.308 e. The maximum absolute atomic E-state index is 13.2. The lowest BCUT2D eigenvalue weighted by Crippen LogP contribution is -2.52. The molecule has 0 unspecified atom stereocenters. The number of hydrogen-bond acceptors (Lipinski definition) is 7. The molecule has 1 spiro atoms. The average Bonchev–Trinajstić information content (AvgIpc) is 2.95. The van der Waals surface area contributed by atoms with Gasteiger partial charge in [0.15, 0.2) is 5.78 Å². The highest BCUT2D eigenvalue weighted by atomic mass is 35.5. The normalized spacial score (nSPS) is 22.0. The number of carbonyl (C=O) groups is 3. The molecule has 5 rings (SSSR count). The highest BCUT2D eigenvalue weighted by molar-refractivity contribution is 6.39. The Hall–Kier alpha value is -2.81. The monoisotopic (exact) mass is 602 g/mol. The predicted molar refractivity (Wildman–Crippen MR) is 156 cm³/mol. The van der Waals surface area contributed by atoms with Gasteiger partial charge in [-0.25, -0.2) is 0 Å². The van der Waals surface area contributed by atoms with E-state index in [0.717, 1.165) is 50.1 Å². The quantitative estimate of drug-likeness (QED) is 0.410. The minimum absolute atomic E-state index is 0.0126. The molecule has 2 aromatic carbocycles. The van der Waals surface area contributed by atoms with Gasteiger partial charge in [0.05, 0.1) is 46.7 Å². The summed E-state index contributed by atoms with van der Waals surface area (Å²) in [6.45, 7) is 4.58. The third-order valence-electron chi connectivity index (χ3n) is 8.56. The van der Waals surface area contributed by atoms with Crippen molar-refractivity contribution in [2.45, 2.75) is 63.6 Å². The van der Waals surface area contributed by atoms with Gasteiger partial charge in [0.1, 0.15) is 17.1 Å². The molecule has 1 saturated carbocycles. The summed E-state index contributed by atoms with van der Waals surface area (Å²) >= 11 is 12.3. The molecule has 0 radical (unpaired) electrons. The van der Waals surface area contributed by atoms with E-state index in [4.69, 9.17) is 37.4 Å². The zero-order chi connectivity index (χ0) is 29.1. The SMILES string of the molecule is COC(=O)[C@H]1CC[C@@H](Oc2cc3c(cc2C)C(=O)CC2(CCN(CCNC(=O)c4c(Cl)cccc4Cl)CC2)O3)CC1. The van der Waals surface area contributed by atoms with Crippen molar-refractivity contribution in [2.24, 2.45) is 5.92 Å². The number of ketones is 1. The molecule has 1 saturated heterocycles. The summed E-state index contributed by atoms with van der Waals surface area (Å²) in [4.78, 5) is 39.9. The number of fused-ring (bicyclic) bond motifs is 1. The number of nitrogens with zero attached hydrogens (tertiary/aromatic N) is 1. The Morgan fingerprint density at radius 3 is 2.44 bits per heavy atom. The minimum atomic E-state index is -0.542. The van der Waals surface area contributed by atoms with Gasteiger partial charge in [-0.05, 0) is 56.4 Å². The molecular weight excluding hydrogens is 567 g/mol. The summed E-state index contributed by atoms with van der Waals surface area (Å²) < 4.78 is 17.8. The average molecular weight is 604 g/mol. The number of piperidine rings is 1. The lowest BCUT2D eigenvalue weighted by Gasteiger charge is -2.44. The second-order valence-corrected chi connectivity index (χ2v) is 12.1. The molecule has 2 fully saturated rings. The molecule has 2 aliphatic heterocycles. The van der Waals surface area contributed by atoms with E-state index in [1.54, 1.807) is 18.2 Å². The van der Waals surface area contributed by atoms with E-state index in [2.05, 4.69) is 10.2 Å². The van der Waals surface area contributed by atoms with E-state index < -0.39 is 5.60 Å². The number of carbonyl (C=O) groups excluding carboxylic acids is 3. The molecular formula is C31H36Cl2N2O6. The smallest absolute Gasteiger partial charge is 0.308 e. The van der Waals surface area contributed by atoms with Crippen LogP contribution in [0.4, 0.5) is 0 Å². The van der Waals surface area contributed by atoms with Crippen molar-refractivity contribution in [3.8, 4) is 11.5 Å². The van der Waals surface area contributed by atoms with Crippen LogP contribution in [0.1, 0.15) is 71.2 Å². The van der Waals surface area contributed by atoms with Gasteiger partial charge < -0.3 is 24.4 Å². The van der Waals surface area contributed by atoms with Crippen molar-refractivity contribution in [2.75, 3.05) is 33.3 Å². The molecule has 0 atom stereocenters. The topological polar surface area (TPSA) is 94.2 Å². The summed E-state index contributed by atoms with van der Waals surface area (Å²) in [5, 5.41) is 3.55. The summed E-state index contributed by atoms with van der Waals surface area (Å²) in [5.74, 6) is 0.898. The molecule has 2 heterocycles. The van der Waals surface area contributed by atoms with Crippen LogP contribution in [0.25, 0.3) is 0 Å². The van der Waals surface area contributed by atoms with Crippen LogP contribution >= 0.6 is 23.2 Å². The first-order valence-corrected chi connectivity index (χ1v) is 15.0. The molecule has 41 heavy (non-hydrogen) atoms. The number of aryl methyl sites for hydroxylation is 1. The lowest BCUT2D eigenvalue weighted by molar-refractivity contribution is -0.147. The zero-order valence-electron chi connectivity index (χ0n) is 23.5. The fourth-order valence-electron chi connectivity index (χ4n) is 6.11. The van der Waals surface area contributed by atoms with Crippen LogP contribution < -0.4 is 14.8 Å². The predicted octanol–water partition coefficient (Wildman–Crippen LogP) is 5.64. The molecule has 1 amide bonds. The Bertz CT molecular complexity index is 1300. The molecule has 1 N–H and O–H groups in total. The fourth-order valence-corrected chi connectivity index (χ4v) is 6.68. The fraction of sp³-hybridized carbons (Fsp3) is 0.516. The van der Waals surface area contributed by atoms with Crippen molar-refractivity contribution in [3.05, 3.63) is 57.1 Å². The minimum Gasteiger partial charge on any atom is -0.490 e. The number of rotatable bonds is 7. The molecule has 8 nitrogen and oxygen atoms in total. The Morgan fingerprint density at radius 1 is 1.10 bits per heavy atom. The number of amides is 1.